The van der Waals surface area contributed by atoms with Gasteiger partial charge in [0.15, 0.2) is 0 Å². The summed E-state index contributed by atoms with van der Waals surface area (Å²) in [6.45, 7) is 0. The summed E-state index contributed by atoms with van der Waals surface area (Å²) in [5.41, 5.74) is 1.06. The molecule has 21 heavy (non-hydrogen) atoms. The number of rotatable bonds is 4. The third-order valence-corrected chi connectivity index (χ3v) is 5.56. The van der Waals surface area contributed by atoms with E-state index in [2.05, 4.69) is 15.9 Å². The first-order chi connectivity index (χ1) is 10.2. The van der Waals surface area contributed by atoms with E-state index < -0.39 is 0 Å². The summed E-state index contributed by atoms with van der Waals surface area (Å²) in [5.74, 6) is 1.63. The Morgan fingerprint density at radius 1 is 0.905 bits per heavy atom. The van der Waals surface area contributed by atoms with E-state index >= 15 is 0 Å². The maximum Gasteiger partial charge on any atom is 0.127 e. The van der Waals surface area contributed by atoms with Crippen LogP contribution < -0.4 is 4.74 Å². The van der Waals surface area contributed by atoms with Crippen molar-refractivity contribution in [3.8, 4) is 11.5 Å². The first-order valence-corrected chi connectivity index (χ1v) is 8.55. The van der Waals surface area contributed by atoms with E-state index in [-0.39, 0.29) is 5.38 Å². The van der Waals surface area contributed by atoms with Gasteiger partial charge in [-0.2, -0.15) is 0 Å². The molecule has 1 nitrogen and oxygen atoms in total. The lowest BCUT2D eigenvalue weighted by molar-refractivity contribution is 0.482. The second-order valence-corrected chi connectivity index (χ2v) is 6.72. The number of benzene rings is 2. The number of hydrogen-bond acceptors (Lipinski definition) is 2. The van der Waals surface area contributed by atoms with Crippen molar-refractivity contribution in [3.63, 3.8) is 0 Å². The molecule has 1 aromatic heterocycles. The summed E-state index contributed by atoms with van der Waals surface area (Å²) in [7, 11) is 0. The fourth-order valence-electron chi connectivity index (χ4n) is 1.97. The molecule has 0 aliphatic rings. The smallest absolute Gasteiger partial charge is 0.127 e. The van der Waals surface area contributed by atoms with Crippen LogP contribution in [0, 0.1) is 0 Å². The fraction of sp³-hybridized carbons (Fsp3) is 0.0588. The van der Waals surface area contributed by atoms with Crippen molar-refractivity contribution >= 4 is 38.9 Å². The topological polar surface area (TPSA) is 9.23 Å². The van der Waals surface area contributed by atoms with Crippen LogP contribution in [0.4, 0.5) is 0 Å². The molecule has 0 fully saturated rings. The van der Waals surface area contributed by atoms with Crippen LogP contribution in [-0.2, 0) is 0 Å². The van der Waals surface area contributed by atoms with Crippen LogP contribution in [0.3, 0.4) is 0 Å². The quantitative estimate of drug-likeness (QED) is 0.462. The van der Waals surface area contributed by atoms with Crippen LogP contribution in [-0.4, -0.2) is 0 Å². The molecule has 106 valence electrons. The zero-order chi connectivity index (χ0) is 14.7. The van der Waals surface area contributed by atoms with Gasteiger partial charge in [-0.15, -0.1) is 22.9 Å². The zero-order valence-corrected chi connectivity index (χ0v) is 14.2. The van der Waals surface area contributed by atoms with Crippen LogP contribution >= 0.6 is 38.9 Å². The Kier molecular flexibility index (Phi) is 4.63. The number of ether oxygens (including phenoxy) is 1. The van der Waals surface area contributed by atoms with Crippen molar-refractivity contribution in [1.29, 1.82) is 0 Å². The Morgan fingerprint density at radius 3 is 2.19 bits per heavy atom. The molecule has 0 amide bonds. The average molecular weight is 380 g/mol. The van der Waals surface area contributed by atoms with Crippen molar-refractivity contribution in [2.45, 2.75) is 5.38 Å². The van der Waals surface area contributed by atoms with E-state index in [1.165, 1.54) is 0 Å². The molecular weight excluding hydrogens is 368 g/mol. The molecule has 0 saturated carbocycles. The van der Waals surface area contributed by atoms with Gasteiger partial charge < -0.3 is 4.74 Å². The number of alkyl halides is 1. The van der Waals surface area contributed by atoms with Gasteiger partial charge in [0.2, 0.25) is 0 Å². The highest BCUT2D eigenvalue weighted by Crippen LogP contribution is 2.38. The van der Waals surface area contributed by atoms with Crippen LogP contribution in [0.25, 0.3) is 0 Å². The molecule has 3 rings (SSSR count). The predicted octanol–water partition coefficient (Wildman–Crippen LogP) is 6.63. The van der Waals surface area contributed by atoms with Crippen molar-refractivity contribution in [1.82, 2.24) is 0 Å². The Balaban J connectivity index is 1.77. The van der Waals surface area contributed by atoms with E-state index in [0.717, 1.165) is 26.4 Å². The maximum absolute atomic E-state index is 6.53. The first-order valence-electron chi connectivity index (χ1n) is 6.44. The molecule has 3 aromatic rings. The molecule has 2 aromatic carbocycles. The summed E-state index contributed by atoms with van der Waals surface area (Å²) in [6.07, 6.45) is 0. The lowest BCUT2D eigenvalue weighted by Crippen LogP contribution is -1.91. The number of hydrogen-bond donors (Lipinski definition) is 0. The van der Waals surface area contributed by atoms with Gasteiger partial charge in [0.25, 0.3) is 0 Å². The van der Waals surface area contributed by atoms with Crippen LogP contribution in [0.2, 0.25) is 0 Å². The Hall–Kier alpha value is -1.29. The van der Waals surface area contributed by atoms with E-state index in [1.54, 1.807) is 11.3 Å². The van der Waals surface area contributed by atoms with E-state index in [0.29, 0.717) is 0 Å². The molecule has 1 unspecified atom stereocenters. The largest absolute Gasteiger partial charge is 0.457 e. The molecule has 0 aliphatic heterocycles. The SMILES string of the molecule is ClC(c1ccc(Oc2ccccc2)cc1)c1sccc1Br. The molecule has 1 atom stereocenters. The van der Waals surface area contributed by atoms with E-state index in [9.17, 15) is 0 Å². The molecule has 1 heterocycles. The standard InChI is InChI=1S/C17H12BrClOS/c18-15-10-11-21-17(15)16(19)12-6-8-14(9-7-12)20-13-4-2-1-3-5-13/h1-11,16H. The number of halogens is 2. The minimum absolute atomic E-state index is 0.148. The summed E-state index contributed by atoms with van der Waals surface area (Å²) < 4.78 is 6.83. The highest BCUT2D eigenvalue weighted by Gasteiger charge is 2.15. The van der Waals surface area contributed by atoms with Crippen LogP contribution in [0.1, 0.15) is 15.8 Å². The molecule has 4 heteroatoms. The summed E-state index contributed by atoms with van der Waals surface area (Å²) in [4.78, 5) is 1.12. The Bertz CT molecular complexity index is 709. The average Bonchev–Trinajstić information content (AvgIpc) is 2.94. The monoisotopic (exact) mass is 378 g/mol. The predicted molar refractivity (Wildman–Crippen MR) is 92.7 cm³/mol. The fourth-order valence-corrected chi connectivity index (χ4v) is 4.12. The summed E-state index contributed by atoms with van der Waals surface area (Å²) >= 11 is 11.7. The third kappa shape index (κ3) is 3.49. The molecule has 0 radical (unpaired) electrons. The molecule has 0 bridgehead atoms. The summed E-state index contributed by atoms with van der Waals surface area (Å²) in [6, 6.07) is 19.6. The zero-order valence-electron chi connectivity index (χ0n) is 11.0. The van der Waals surface area contributed by atoms with Crippen molar-refractivity contribution < 1.29 is 4.74 Å². The highest BCUT2D eigenvalue weighted by atomic mass is 79.9. The van der Waals surface area contributed by atoms with Gasteiger partial charge in [0.05, 0.1) is 5.38 Å². The van der Waals surface area contributed by atoms with Crippen molar-refractivity contribution in [2.24, 2.45) is 0 Å². The molecule has 0 N–H and O–H groups in total. The van der Waals surface area contributed by atoms with Gasteiger partial charge >= 0.3 is 0 Å². The van der Waals surface area contributed by atoms with Gasteiger partial charge in [0, 0.05) is 9.35 Å². The number of para-hydroxylation sites is 1. The lowest BCUT2D eigenvalue weighted by atomic mass is 10.1. The van der Waals surface area contributed by atoms with Crippen LogP contribution in [0.5, 0.6) is 11.5 Å². The van der Waals surface area contributed by atoms with Crippen molar-refractivity contribution in [3.05, 3.63) is 81.0 Å². The van der Waals surface area contributed by atoms with Gasteiger partial charge in [-0.05, 0) is 57.2 Å². The molecular formula is C17H12BrClOS. The molecule has 0 saturated heterocycles. The maximum atomic E-state index is 6.53. The van der Waals surface area contributed by atoms with Gasteiger partial charge in [-0.3, -0.25) is 0 Å². The Labute approximate surface area is 141 Å². The molecule has 0 spiro atoms. The minimum Gasteiger partial charge on any atom is -0.457 e. The van der Waals surface area contributed by atoms with E-state index in [1.807, 2.05) is 66.0 Å². The second-order valence-electron chi connectivity index (χ2n) is 4.48. The lowest BCUT2D eigenvalue weighted by Gasteiger charge is -2.10. The van der Waals surface area contributed by atoms with Gasteiger partial charge in [0.1, 0.15) is 11.5 Å². The third-order valence-electron chi connectivity index (χ3n) is 3.03. The molecule has 0 aliphatic carbocycles. The Morgan fingerprint density at radius 2 is 1.57 bits per heavy atom. The minimum atomic E-state index is -0.148. The van der Waals surface area contributed by atoms with Gasteiger partial charge in [-0.1, -0.05) is 30.3 Å². The first kappa shape index (κ1) is 14.6. The van der Waals surface area contributed by atoms with E-state index in [4.69, 9.17) is 16.3 Å². The highest BCUT2D eigenvalue weighted by molar-refractivity contribution is 9.10. The van der Waals surface area contributed by atoms with Gasteiger partial charge in [-0.25, -0.2) is 0 Å². The van der Waals surface area contributed by atoms with Crippen LogP contribution in [0.15, 0.2) is 70.5 Å². The van der Waals surface area contributed by atoms with Crippen molar-refractivity contribution in [2.75, 3.05) is 0 Å². The normalized spacial score (nSPS) is 12.1. The second kappa shape index (κ2) is 6.65. The summed E-state index contributed by atoms with van der Waals surface area (Å²) in [5, 5.41) is 1.88. The number of thiophene rings is 1.